The van der Waals surface area contributed by atoms with Crippen LogP contribution in [-0.2, 0) is 6.42 Å². The lowest BCUT2D eigenvalue weighted by molar-refractivity contribution is 0.292. The number of allylic oxidation sites excluding steroid dienone is 1. The van der Waals surface area contributed by atoms with Crippen molar-refractivity contribution >= 4 is 5.69 Å². The van der Waals surface area contributed by atoms with Gasteiger partial charge in [0.25, 0.3) is 0 Å². The number of anilines is 1. The number of nitrogens with two attached hydrogens (primary N) is 1. The Kier molecular flexibility index (Phi) is 9.43. The van der Waals surface area contributed by atoms with Gasteiger partial charge in [-0.3, -0.25) is 4.90 Å². The Morgan fingerprint density at radius 1 is 1.20 bits per heavy atom. The van der Waals surface area contributed by atoms with Crippen LogP contribution < -0.4 is 10.6 Å². The van der Waals surface area contributed by atoms with Crippen LogP contribution in [0.1, 0.15) is 73.3 Å². The molecule has 3 nitrogen and oxygen atoms in total. The Bertz CT molecular complexity index is 650. The number of benzene rings is 1. The van der Waals surface area contributed by atoms with Gasteiger partial charge >= 0.3 is 0 Å². The van der Waals surface area contributed by atoms with Gasteiger partial charge in [-0.15, -0.1) is 0 Å². The zero-order valence-corrected chi connectivity index (χ0v) is 20.7. The molecule has 2 N–H and O–H groups in total. The second-order valence-electron chi connectivity index (χ2n) is 11.3. The highest BCUT2D eigenvalue weighted by Gasteiger charge is 2.28. The fourth-order valence-electron chi connectivity index (χ4n) is 4.36. The standard InChI is InChI=1S/C27H47N3/c1-21(2)13-17-30(25-10-8-23(9-11-25)12-15-27(5,6)7)26-14-16-29(20-26)19-24(28)18-22(3)4/h8-11,13,22,24,26H,12,14-20,28H2,1-7H3. The van der Waals surface area contributed by atoms with Crippen molar-refractivity contribution in [1.29, 1.82) is 0 Å². The largest absolute Gasteiger partial charge is 0.363 e. The monoisotopic (exact) mass is 413 g/mol. The van der Waals surface area contributed by atoms with Gasteiger partial charge in [-0.1, -0.05) is 58.4 Å². The molecule has 0 radical (unpaired) electrons. The molecule has 2 rings (SSSR count). The first-order valence-corrected chi connectivity index (χ1v) is 12.0. The van der Waals surface area contributed by atoms with Crippen LogP contribution in [0.4, 0.5) is 5.69 Å². The molecule has 0 spiro atoms. The van der Waals surface area contributed by atoms with Gasteiger partial charge in [0.05, 0.1) is 0 Å². The van der Waals surface area contributed by atoms with Gasteiger partial charge < -0.3 is 10.6 Å². The highest BCUT2D eigenvalue weighted by molar-refractivity contribution is 5.50. The topological polar surface area (TPSA) is 32.5 Å². The van der Waals surface area contributed by atoms with E-state index in [9.17, 15) is 0 Å². The smallest absolute Gasteiger partial charge is 0.0432 e. The average molecular weight is 414 g/mol. The molecule has 1 aliphatic rings. The van der Waals surface area contributed by atoms with E-state index in [-0.39, 0.29) is 6.04 Å². The van der Waals surface area contributed by atoms with E-state index in [1.807, 2.05) is 0 Å². The molecule has 1 aromatic carbocycles. The fraction of sp³-hybridized carbons (Fsp3) is 0.704. The van der Waals surface area contributed by atoms with Gasteiger partial charge in [0.1, 0.15) is 0 Å². The minimum atomic E-state index is 0.289. The predicted molar refractivity (Wildman–Crippen MR) is 133 cm³/mol. The van der Waals surface area contributed by atoms with Gasteiger partial charge in [-0.05, 0) is 68.6 Å². The maximum absolute atomic E-state index is 6.40. The van der Waals surface area contributed by atoms with E-state index < -0.39 is 0 Å². The molecule has 1 saturated heterocycles. The molecule has 2 unspecified atom stereocenters. The molecule has 0 aromatic heterocycles. The molecule has 0 aliphatic carbocycles. The van der Waals surface area contributed by atoms with Crippen molar-refractivity contribution in [1.82, 2.24) is 4.90 Å². The van der Waals surface area contributed by atoms with E-state index in [2.05, 4.69) is 88.6 Å². The lowest BCUT2D eigenvalue weighted by Gasteiger charge is -2.31. The first-order chi connectivity index (χ1) is 14.0. The lowest BCUT2D eigenvalue weighted by Crippen LogP contribution is -2.41. The molecule has 1 aromatic rings. The van der Waals surface area contributed by atoms with Gasteiger partial charge in [0.15, 0.2) is 0 Å². The van der Waals surface area contributed by atoms with Gasteiger partial charge in [0, 0.05) is 44.0 Å². The van der Waals surface area contributed by atoms with Crippen molar-refractivity contribution in [3.8, 4) is 0 Å². The molecule has 3 heteroatoms. The summed E-state index contributed by atoms with van der Waals surface area (Å²) in [6.07, 6.45) is 7.07. The fourth-order valence-corrected chi connectivity index (χ4v) is 4.36. The summed E-state index contributed by atoms with van der Waals surface area (Å²) in [5, 5.41) is 0. The summed E-state index contributed by atoms with van der Waals surface area (Å²) in [6, 6.07) is 10.2. The minimum Gasteiger partial charge on any atom is -0.363 e. The summed E-state index contributed by atoms with van der Waals surface area (Å²) in [7, 11) is 0. The summed E-state index contributed by atoms with van der Waals surface area (Å²) < 4.78 is 0. The molecular formula is C27H47N3. The van der Waals surface area contributed by atoms with E-state index in [1.54, 1.807) is 0 Å². The highest BCUT2D eigenvalue weighted by atomic mass is 15.3. The molecular weight excluding hydrogens is 366 g/mol. The molecule has 1 fully saturated rings. The highest BCUT2D eigenvalue weighted by Crippen LogP contribution is 2.26. The Morgan fingerprint density at radius 2 is 1.87 bits per heavy atom. The van der Waals surface area contributed by atoms with Gasteiger partial charge in [-0.25, -0.2) is 0 Å². The number of aryl methyl sites for hydroxylation is 1. The Labute approximate surface area is 186 Å². The molecule has 30 heavy (non-hydrogen) atoms. The maximum atomic E-state index is 6.40. The third kappa shape index (κ3) is 8.81. The van der Waals surface area contributed by atoms with Gasteiger partial charge in [-0.2, -0.15) is 0 Å². The molecule has 0 amide bonds. The Morgan fingerprint density at radius 3 is 2.43 bits per heavy atom. The van der Waals surface area contributed by atoms with Crippen molar-refractivity contribution in [2.24, 2.45) is 17.1 Å². The SMILES string of the molecule is CC(C)=CCN(c1ccc(CCC(C)(C)C)cc1)C1CCN(CC(N)CC(C)C)C1. The van der Waals surface area contributed by atoms with E-state index in [0.29, 0.717) is 17.4 Å². The summed E-state index contributed by atoms with van der Waals surface area (Å²) in [6.45, 7) is 20.2. The van der Waals surface area contributed by atoms with E-state index in [4.69, 9.17) is 5.73 Å². The minimum absolute atomic E-state index is 0.289. The van der Waals surface area contributed by atoms with Crippen LogP contribution in [0.25, 0.3) is 0 Å². The second-order valence-corrected chi connectivity index (χ2v) is 11.3. The molecule has 1 aliphatic heterocycles. The van der Waals surface area contributed by atoms with E-state index in [0.717, 1.165) is 39.0 Å². The zero-order valence-electron chi connectivity index (χ0n) is 20.7. The van der Waals surface area contributed by atoms with Crippen LogP contribution in [0.3, 0.4) is 0 Å². The molecule has 170 valence electrons. The normalized spacial score (nSPS) is 18.6. The number of likely N-dealkylation sites (tertiary alicyclic amines) is 1. The van der Waals surface area contributed by atoms with Crippen LogP contribution in [0.5, 0.6) is 0 Å². The summed E-state index contributed by atoms with van der Waals surface area (Å²) in [5.41, 5.74) is 11.0. The first kappa shape index (κ1) is 24.9. The van der Waals surface area contributed by atoms with Crippen LogP contribution in [0, 0.1) is 11.3 Å². The molecule has 0 bridgehead atoms. The Balaban J connectivity index is 2.04. The van der Waals surface area contributed by atoms with Crippen molar-refractivity contribution < 1.29 is 0 Å². The van der Waals surface area contributed by atoms with Crippen LogP contribution >= 0.6 is 0 Å². The Hall–Kier alpha value is -1.32. The summed E-state index contributed by atoms with van der Waals surface area (Å²) in [5.74, 6) is 0.671. The maximum Gasteiger partial charge on any atom is 0.0432 e. The first-order valence-electron chi connectivity index (χ1n) is 12.0. The summed E-state index contributed by atoms with van der Waals surface area (Å²) in [4.78, 5) is 5.18. The lowest BCUT2D eigenvalue weighted by atomic mass is 9.89. The quantitative estimate of drug-likeness (QED) is 0.486. The zero-order chi connectivity index (χ0) is 22.3. The third-order valence-electron chi connectivity index (χ3n) is 6.08. The average Bonchev–Trinajstić information content (AvgIpc) is 3.07. The number of hydrogen-bond acceptors (Lipinski definition) is 3. The molecule has 0 saturated carbocycles. The van der Waals surface area contributed by atoms with Crippen molar-refractivity contribution in [2.45, 2.75) is 86.2 Å². The van der Waals surface area contributed by atoms with Crippen molar-refractivity contribution in [3.05, 3.63) is 41.5 Å². The number of rotatable bonds is 10. The number of hydrogen-bond donors (Lipinski definition) is 1. The number of nitrogens with zero attached hydrogens (tertiary/aromatic N) is 2. The third-order valence-corrected chi connectivity index (χ3v) is 6.08. The molecule has 1 heterocycles. The van der Waals surface area contributed by atoms with E-state index in [1.165, 1.54) is 29.7 Å². The van der Waals surface area contributed by atoms with Crippen molar-refractivity contribution in [2.75, 3.05) is 31.1 Å². The van der Waals surface area contributed by atoms with E-state index >= 15 is 0 Å². The van der Waals surface area contributed by atoms with Crippen LogP contribution in [-0.4, -0.2) is 43.2 Å². The predicted octanol–water partition coefficient (Wildman–Crippen LogP) is 5.89. The summed E-state index contributed by atoms with van der Waals surface area (Å²) >= 11 is 0. The second kappa shape index (κ2) is 11.3. The molecule has 2 atom stereocenters. The van der Waals surface area contributed by atoms with Crippen molar-refractivity contribution in [3.63, 3.8) is 0 Å². The van der Waals surface area contributed by atoms with Crippen LogP contribution in [0.15, 0.2) is 35.9 Å². The van der Waals surface area contributed by atoms with Gasteiger partial charge in [0.2, 0.25) is 0 Å². The van der Waals surface area contributed by atoms with Crippen LogP contribution in [0.2, 0.25) is 0 Å².